The van der Waals surface area contributed by atoms with E-state index in [4.69, 9.17) is 5.73 Å². The van der Waals surface area contributed by atoms with Gasteiger partial charge in [-0.05, 0) is 25.5 Å². The second-order valence-electron chi connectivity index (χ2n) is 3.71. The molecule has 0 saturated carbocycles. The first-order valence-electron chi connectivity index (χ1n) is 5.33. The second kappa shape index (κ2) is 7.28. The Morgan fingerprint density at radius 3 is 2.61 bits per heavy atom. The Kier molecular flexibility index (Phi) is 6.80. The number of rotatable bonds is 4. The van der Waals surface area contributed by atoms with Gasteiger partial charge in [-0.2, -0.15) is 0 Å². The lowest BCUT2D eigenvalue weighted by Gasteiger charge is -2.14. The van der Waals surface area contributed by atoms with Gasteiger partial charge in [-0.25, -0.2) is 8.78 Å². The van der Waals surface area contributed by atoms with Crippen LogP contribution in [0, 0.1) is 18.6 Å². The molecule has 0 saturated heterocycles. The van der Waals surface area contributed by atoms with Gasteiger partial charge in [0.05, 0.1) is 13.0 Å². The lowest BCUT2D eigenvalue weighted by atomic mass is 10.0. The van der Waals surface area contributed by atoms with Crippen molar-refractivity contribution in [3.05, 3.63) is 34.9 Å². The highest BCUT2D eigenvalue weighted by atomic mass is 35.5. The van der Waals surface area contributed by atoms with Crippen LogP contribution in [0.25, 0.3) is 0 Å². The Hall–Kier alpha value is -1.20. The molecule has 2 N–H and O–H groups in total. The molecule has 0 amide bonds. The number of carbonyl (C=O) groups excluding carboxylic acids is 1. The Bertz CT molecular complexity index is 427. The fourth-order valence-corrected chi connectivity index (χ4v) is 1.52. The summed E-state index contributed by atoms with van der Waals surface area (Å²) >= 11 is 0. The molecule has 1 aromatic carbocycles. The van der Waals surface area contributed by atoms with Crippen LogP contribution in [0.2, 0.25) is 0 Å². The fourth-order valence-electron chi connectivity index (χ4n) is 1.52. The number of carbonyl (C=O) groups is 1. The zero-order valence-electron chi connectivity index (χ0n) is 10.2. The van der Waals surface area contributed by atoms with Gasteiger partial charge in [0.15, 0.2) is 0 Å². The van der Waals surface area contributed by atoms with Gasteiger partial charge in [-0.1, -0.05) is 6.07 Å². The highest BCUT2D eigenvalue weighted by Crippen LogP contribution is 2.24. The molecular weight excluding hydrogens is 264 g/mol. The number of hydrogen-bond acceptors (Lipinski definition) is 3. The number of hydrogen-bond donors (Lipinski definition) is 1. The Balaban J connectivity index is 0.00000289. The molecule has 0 aliphatic carbocycles. The van der Waals surface area contributed by atoms with Crippen LogP contribution in [0.3, 0.4) is 0 Å². The average molecular weight is 280 g/mol. The summed E-state index contributed by atoms with van der Waals surface area (Å²) in [5.41, 5.74) is 5.64. The summed E-state index contributed by atoms with van der Waals surface area (Å²) in [7, 11) is 0. The van der Waals surface area contributed by atoms with E-state index in [-0.39, 0.29) is 31.0 Å². The van der Waals surface area contributed by atoms with Gasteiger partial charge < -0.3 is 10.5 Å². The first-order chi connectivity index (χ1) is 7.97. The minimum Gasteiger partial charge on any atom is -0.466 e. The third-order valence-electron chi connectivity index (χ3n) is 2.38. The van der Waals surface area contributed by atoms with Gasteiger partial charge in [0.2, 0.25) is 0 Å². The summed E-state index contributed by atoms with van der Waals surface area (Å²) in [6, 6.07) is 1.43. The van der Waals surface area contributed by atoms with Crippen molar-refractivity contribution in [2.45, 2.75) is 26.3 Å². The quantitative estimate of drug-likeness (QED) is 0.862. The highest BCUT2D eigenvalue weighted by Gasteiger charge is 2.21. The number of benzene rings is 1. The van der Waals surface area contributed by atoms with Crippen molar-refractivity contribution in [3.63, 3.8) is 0 Å². The summed E-state index contributed by atoms with van der Waals surface area (Å²) in [6.07, 6.45) is -0.245. The molecule has 102 valence electrons. The summed E-state index contributed by atoms with van der Waals surface area (Å²) < 4.78 is 31.8. The molecule has 0 heterocycles. The molecule has 1 rings (SSSR count). The van der Waals surface area contributed by atoms with E-state index in [2.05, 4.69) is 4.74 Å². The van der Waals surface area contributed by atoms with Crippen LogP contribution >= 0.6 is 12.4 Å². The summed E-state index contributed by atoms with van der Waals surface area (Å²) in [6.45, 7) is 3.37. The van der Waals surface area contributed by atoms with E-state index in [1.165, 1.54) is 13.0 Å². The molecule has 1 aromatic rings. The summed E-state index contributed by atoms with van der Waals surface area (Å²) in [4.78, 5) is 11.2. The first kappa shape index (κ1) is 16.8. The van der Waals surface area contributed by atoms with Crippen molar-refractivity contribution in [3.8, 4) is 0 Å². The number of aryl methyl sites for hydroxylation is 1. The van der Waals surface area contributed by atoms with Crippen molar-refractivity contribution >= 4 is 18.4 Å². The minimum absolute atomic E-state index is 0. The van der Waals surface area contributed by atoms with Crippen LogP contribution in [-0.2, 0) is 9.53 Å². The van der Waals surface area contributed by atoms with E-state index in [0.29, 0.717) is 5.56 Å². The third kappa shape index (κ3) is 3.92. The minimum atomic E-state index is -1.03. The van der Waals surface area contributed by atoms with Crippen LogP contribution in [0.1, 0.15) is 30.5 Å². The average Bonchev–Trinajstić information content (AvgIpc) is 2.24. The zero-order valence-corrected chi connectivity index (χ0v) is 11.0. The second-order valence-corrected chi connectivity index (χ2v) is 3.71. The topological polar surface area (TPSA) is 52.3 Å². The van der Waals surface area contributed by atoms with Gasteiger partial charge >= 0.3 is 5.97 Å². The van der Waals surface area contributed by atoms with E-state index in [1.54, 1.807) is 6.92 Å². The fraction of sp³-hybridized carbons (Fsp3) is 0.417. The molecule has 0 fully saturated rings. The van der Waals surface area contributed by atoms with Crippen LogP contribution in [-0.4, -0.2) is 12.6 Å². The standard InChI is InChI=1S/C12H15F2NO2.ClH/c1-3-17-10(16)6-9(15)11-8(13)5-4-7(2)12(11)14;/h4-5,9H,3,6,15H2,1-2H3;1H/t9-;/m1./s1. The molecule has 6 heteroatoms. The summed E-state index contributed by atoms with van der Waals surface area (Å²) in [5.74, 6) is -2.02. The molecule has 0 spiro atoms. The lowest BCUT2D eigenvalue weighted by Crippen LogP contribution is -2.20. The van der Waals surface area contributed by atoms with Gasteiger partial charge in [-0.15, -0.1) is 12.4 Å². The number of nitrogens with two attached hydrogens (primary N) is 1. The van der Waals surface area contributed by atoms with E-state index < -0.39 is 23.6 Å². The highest BCUT2D eigenvalue weighted by molar-refractivity contribution is 5.85. The van der Waals surface area contributed by atoms with Crippen molar-refractivity contribution in [1.29, 1.82) is 0 Å². The van der Waals surface area contributed by atoms with Crippen LogP contribution in [0.15, 0.2) is 12.1 Å². The van der Waals surface area contributed by atoms with Crippen LogP contribution < -0.4 is 5.73 Å². The lowest BCUT2D eigenvalue weighted by molar-refractivity contribution is -0.143. The number of esters is 1. The maximum Gasteiger partial charge on any atom is 0.307 e. The van der Waals surface area contributed by atoms with Crippen LogP contribution in [0.4, 0.5) is 8.78 Å². The molecule has 18 heavy (non-hydrogen) atoms. The zero-order chi connectivity index (χ0) is 13.0. The van der Waals surface area contributed by atoms with E-state index >= 15 is 0 Å². The first-order valence-corrected chi connectivity index (χ1v) is 5.33. The smallest absolute Gasteiger partial charge is 0.307 e. The molecular formula is C12H16ClF2NO2. The molecule has 0 aliphatic heterocycles. The Morgan fingerprint density at radius 1 is 1.44 bits per heavy atom. The number of ether oxygens (including phenoxy) is 1. The van der Waals surface area contributed by atoms with Crippen molar-refractivity contribution < 1.29 is 18.3 Å². The molecule has 0 aromatic heterocycles. The maximum absolute atomic E-state index is 13.7. The molecule has 3 nitrogen and oxygen atoms in total. The van der Waals surface area contributed by atoms with Gasteiger partial charge in [0, 0.05) is 11.6 Å². The monoisotopic (exact) mass is 279 g/mol. The van der Waals surface area contributed by atoms with Crippen molar-refractivity contribution in [1.82, 2.24) is 0 Å². The Labute approximate surface area is 111 Å². The van der Waals surface area contributed by atoms with Gasteiger partial charge in [0.25, 0.3) is 0 Å². The molecule has 0 bridgehead atoms. The molecule has 0 radical (unpaired) electrons. The predicted octanol–water partition coefficient (Wildman–Crippen LogP) is 2.65. The van der Waals surface area contributed by atoms with E-state index in [1.807, 2.05) is 0 Å². The largest absolute Gasteiger partial charge is 0.466 e. The van der Waals surface area contributed by atoms with Crippen molar-refractivity contribution in [2.24, 2.45) is 5.73 Å². The SMILES string of the molecule is CCOC(=O)C[C@@H](N)c1c(F)ccc(C)c1F.Cl. The van der Waals surface area contributed by atoms with Gasteiger partial charge in [0.1, 0.15) is 11.6 Å². The Morgan fingerprint density at radius 2 is 2.06 bits per heavy atom. The maximum atomic E-state index is 13.7. The predicted molar refractivity (Wildman–Crippen MR) is 66.5 cm³/mol. The summed E-state index contributed by atoms with van der Waals surface area (Å²) in [5, 5.41) is 0. The van der Waals surface area contributed by atoms with E-state index in [9.17, 15) is 13.6 Å². The molecule has 1 atom stereocenters. The van der Waals surface area contributed by atoms with Gasteiger partial charge in [-0.3, -0.25) is 4.79 Å². The van der Waals surface area contributed by atoms with E-state index in [0.717, 1.165) is 6.07 Å². The van der Waals surface area contributed by atoms with Crippen LogP contribution in [0.5, 0.6) is 0 Å². The molecule has 0 aliphatic rings. The third-order valence-corrected chi connectivity index (χ3v) is 2.38. The normalized spacial score (nSPS) is 11.6. The van der Waals surface area contributed by atoms with Crippen molar-refractivity contribution in [2.75, 3.05) is 6.61 Å². The number of halogens is 3. The molecule has 0 unspecified atom stereocenters.